The molecule has 1 aromatic heterocycles. The van der Waals surface area contributed by atoms with Crippen molar-refractivity contribution in [3.63, 3.8) is 0 Å². The maximum atomic E-state index is 11.1. The number of aromatic hydroxyl groups is 1. The van der Waals surface area contributed by atoms with E-state index in [0.717, 1.165) is 13.0 Å². The van der Waals surface area contributed by atoms with Gasteiger partial charge in [-0.2, -0.15) is 0 Å². The Morgan fingerprint density at radius 2 is 1.61 bits per heavy atom. The topological polar surface area (TPSA) is 45.5 Å². The van der Waals surface area contributed by atoms with Gasteiger partial charge in [0.15, 0.2) is 5.75 Å². The summed E-state index contributed by atoms with van der Waals surface area (Å²) in [5, 5.41) is 11.5. The van der Waals surface area contributed by atoms with Crippen molar-refractivity contribution in [3.8, 4) is 5.75 Å². The normalized spacial score (nSPS) is 10.2. The summed E-state index contributed by atoms with van der Waals surface area (Å²) in [6, 6.07) is 26.2. The van der Waals surface area contributed by atoms with Crippen LogP contribution in [-0.4, -0.2) is 28.2 Å². The van der Waals surface area contributed by atoms with Crippen LogP contribution in [0.2, 0.25) is 0 Å². The molecule has 4 rings (SSSR count). The van der Waals surface area contributed by atoms with Gasteiger partial charge in [-0.3, -0.25) is 4.79 Å². The number of benzene rings is 3. The summed E-state index contributed by atoms with van der Waals surface area (Å²) in [6.07, 6.45) is 5.68. The number of aryl methyl sites for hydroxylation is 2. The molecule has 0 unspecified atom stereocenters. The van der Waals surface area contributed by atoms with Gasteiger partial charge >= 0.3 is 0 Å². The van der Waals surface area contributed by atoms with E-state index in [2.05, 4.69) is 99.1 Å². The van der Waals surface area contributed by atoms with Crippen molar-refractivity contribution in [1.82, 2.24) is 9.47 Å². The zero-order valence-electron chi connectivity index (χ0n) is 22.2. The Balaban J connectivity index is 0.000000191. The van der Waals surface area contributed by atoms with Crippen LogP contribution >= 0.6 is 0 Å². The lowest BCUT2D eigenvalue weighted by Crippen LogP contribution is -2.18. The summed E-state index contributed by atoms with van der Waals surface area (Å²) in [5.41, 5.74) is 3.73. The number of fused-ring (bicyclic) bond motifs is 1. The molecule has 0 spiro atoms. The van der Waals surface area contributed by atoms with Crippen LogP contribution in [0.1, 0.15) is 43.4 Å². The van der Waals surface area contributed by atoms with Gasteiger partial charge in [0.05, 0.1) is 0 Å². The number of aromatic nitrogens is 1. The predicted molar refractivity (Wildman–Crippen MR) is 155 cm³/mol. The molecule has 0 bridgehead atoms. The minimum atomic E-state index is -0.311. The fourth-order valence-corrected chi connectivity index (χ4v) is 3.91. The zero-order valence-corrected chi connectivity index (χ0v) is 22.2. The van der Waals surface area contributed by atoms with Gasteiger partial charge in [0.1, 0.15) is 0 Å². The van der Waals surface area contributed by atoms with Crippen LogP contribution in [0.4, 0.5) is 0 Å². The fourth-order valence-electron chi connectivity index (χ4n) is 3.91. The fraction of sp³-hybridized carbons (Fsp3) is 0.281. The van der Waals surface area contributed by atoms with E-state index in [-0.39, 0.29) is 11.3 Å². The van der Waals surface area contributed by atoms with E-state index in [0.29, 0.717) is 6.54 Å². The largest absolute Gasteiger partial charge is 0.503 e. The van der Waals surface area contributed by atoms with E-state index in [1.165, 1.54) is 51.1 Å². The number of rotatable bonds is 7. The van der Waals surface area contributed by atoms with Gasteiger partial charge in [-0.25, -0.2) is 0 Å². The van der Waals surface area contributed by atoms with Crippen LogP contribution in [0.5, 0.6) is 5.75 Å². The Labute approximate surface area is 216 Å². The molecule has 0 atom stereocenters. The van der Waals surface area contributed by atoms with Gasteiger partial charge in [-0.15, -0.1) is 0 Å². The third-order valence-corrected chi connectivity index (χ3v) is 5.81. The first-order chi connectivity index (χ1) is 17.4. The lowest BCUT2D eigenvalue weighted by molar-refractivity contribution is 0.327. The van der Waals surface area contributed by atoms with Gasteiger partial charge in [0, 0.05) is 19.3 Å². The molecule has 36 heavy (non-hydrogen) atoms. The summed E-state index contributed by atoms with van der Waals surface area (Å²) in [6.45, 7) is 13.1. The standard InChI is InChI=1S/C12H19N.C12H10.C8H11NO2/c1-4-9-13(3)10-12-8-6-5-7-11(12)2;1-2-10-7-5-8-11-6-3-4-9-12(10)11;1-2-5-9-6-3-4-7(10)8(9)11/h5-8H,4,9-10H2,1-3H3;2-9H,1H2;3-4,6,10H,2,5H2,1H3. The molecule has 0 aliphatic heterocycles. The average molecular weight is 485 g/mol. The monoisotopic (exact) mass is 484 g/mol. The molecule has 3 aromatic carbocycles. The molecule has 4 aromatic rings. The van der Waals surface area contributed by atoms with Crippen molar-refractivity contribution < 1.29 is 5.11 Å². The molecule has 4 nitrogen and oxygen atoms in total. The van der Waals surface area contributed by atoms with Crippen LogP contribution in [0.15, 0.2) is 96.4 Å². The van der Waals surface area contributed by atoms with Gasteiger partial charge in [0.25, 0.3) is 5.56 Å². The molecular formula is C32H40N2O2. The minimum absolute atomic E-state index is 0.180. The zero-order chi connectivity index (χ0) is 26.3. The lowest BCUT2D eigenvalue weighted by Gasteiger charge is -2.16. The second-order valence-corrected chi connectivity index (χ2v) is 8.83. The Hall–Kier alpha value is -3.63. The molecule has 0 radical (unpaired) electrons. The summed E-state index contributed by atoms with van der Waals surface area (Å²) in [5.74, 6) is -0.180. The molecule has 0 aliphatic carbocycles. The predicted octanol–water partition coefficient (Wildman–Crippen LogP) is 7.28. The van der Waals surface area contributed by atoms with E-state index >= 15 is 0 Å². The number of nitrogens with zero attached hydrogens (tertiary/aromatic N) is 2. The van der Waals surface area contributed by atoms with Crippen molar-refractivity contribution in [2.24, 2.45) is 0 Å². The Kier molecular flexibility index (Phi) is 12.2. The average Bonchev–Trinajstić information content (AvgIpc) is 2.89. The van der Waals surface area contributed by atoms with Crippen LogP contribution in [0.3, 0.4) is 0 Å². The molecule has 0 saturated carbocycles. The highest BCUT2D eigenvalue weighted by atomic mass is 16.3. The van der Waals surface area contributed by atoms with Gasteiger partial charge in [0.2, 0.25) is 0 Å². The van der Waals surface area contributed by atoms with Gasteiger partial charge in [-0.05, 0) is 73.0 Å². The Morgan fingerprint density at radius 1 is 0.917 bits per heavy atom. The SMILES string of the molecule is C=Cc1cccc2ccccc12.CCCN(C)Cc1ccccc1C.CCCn1cccc(O)c1=O. The molecule has 4 heteroatoms. The first-order valence-electron chi connectivity index (χ1n) is 12.6. The smallest absolute Gasteiger partial charge is 0.292 e. The molecule has 0 saturated heterocycles. The maximum Gasteiger partial charge on any atom is 0.292 e. The minimum Gasteiger partial charge on any atom is -0.503 e. The Morgan fingerprint density at radius 3 is 2.31 bits per heavy atom. The summed E-state index contributed by atoms with van der Waals surface area (Å²) in [7, 11) is 2.18. The van der Waals surface area contributed by atoms with E-state index in [9.17, 15) is 4.79 Å². The van der Waals surface area contributed by atoms with E-state index in [4.69, 9.17) is 5.11 Å². The second-order valence-electron chi connectivity index (χ2n) is 8.83. The van der Waals surface area contributed by atoms with Crippen LogP contribution < -0.4 is 5.56 Å². The number of pyridine rings is 1. The third kappa shape index (κ3) is 8.86. The highest BCUT2D eigenvalue weighted by Crippen LogP contribution is 2.18. The molecule has 0 amide bonds. The van der Waals surface area contributed by atoms with Gasteiger partial charge < -0.3 is 14.6 Å². The summed E-state index contributed by atoms with van der Waals surface area (Å²) in [4.78, 5) is 13.4. The van der Waals surface area contributed by atoms with Crippen molar-refractivity contribution in [3.05, 3.63) is 119 Å². The summed E-state index contributed by atoms with van der Waals surface area (Å²) < 4.78 is 1.50. The molecule has 1 N–H and O–H groups in total. The quantitative estimate of drug-likeness (QED) is 0.300. The lowest BCUT2D eigenvalue weighted by atomic mass is 10.1. The van der Waals surface area contributed by atoms with Crippen LogP contribution in [-0.2, 0) is 13.1 Å². The maximum absolute atomic E-state index is 11.1. The van der Waals surface area contributed by atoms with Crippen molar-refractivity contribution in [2.45, 2.75) is 46.7 Å². The van der Waals surface area contributed by atoms with E-state index in [1.807, 2.05) is 13.0 Å². The van der Waals surface area contributed by atoms with Crippen molar-refractivity contribution in [1.29, 1.82) is 0 Å². The molecule has 0 aliphatic rings. The first-order valence-corrected chi connectivity index (χ1v) is 12.6. The molecule has 0 fully saturated rings. The first kappa shape index (κ1) is 28.6. The van der Waals surface area contributed by atoms with Crippen molar-refractivity contribution in [2.75, 3.05) is 13.6 Å². The molecule has 190 valence electrons. The summed E-state index contributed by atoms with van der Waals surface area (Å²) >= 11 is 0. The van der Waals surface area contributed by atoms with Gasteiger partial charge in [-0.1, -0.05) is 93.2 Å². The Bertz CT molecular complexity index is 1270. The van der Waals surface area contributed by atoms with Crippen LogP contribution in [0.25, 0.3) is 16.8 Å². The number of hydrogen-bond acceptors (Lipinski definition) is 3. The second kappa shape index (κ2) is 15.4. The van der Waals surface area contributed by atoms with Crippen molar-refractivity contribution >= 4 is 16.8 Å². The number of hydrogen-bond donors (Lipinski definition) is 1. The van der Waals surface area contributed by atoms with E-state index in [1.54, 1.807) is 12.3 Å². The molecule has 1 heterocycles. The van der Waals surface area contributed by atoms with E-state index < -0.39 is 0 Å². The third-order valence-electron chi connectivity index (χ3n) is 5.81. The van der Waals surface area contributed by atoms with Crippen LogP contribution in [0, 0.1) is 6.92 Å². The highest BCUT2D eigenvalue weighted by Gasteiger charge is 2.01. The highest BCUT2D eigenvalue weighted by molar-refractivity contribution is 5.90. The molecular weight excluding hydrogens is 444 g/mol.